The Bertz CT molecular complexity index is 946. The number of epoxide rings is 1. The second-order valence-electron chi connectivity index (χ2n) is 14.1. The minimum Gasteiger partial charge on any atom is -0.443 e. The highest BCUT2D eigenvalue weighted by Gasteiger charge is 2.70. The third kappa shape index (κ3) is 6.10. The molecule has 2 amide bonds. The van der Waals surface area contributed by atoms with Crippen LogP contribution in [0.4, 0.5) is 4.79 Å². The van der Waals surface area contributed by atoms with Crippen molar-refractivity contribution in [3.8, 4) is 0 Å². The number of methoxy groups -OCH3 is 1. The summed E-state index contributed by atoms with van der Waals surface area (Å²) in [5, 5.41) is 2.96. The lowest BCUT2D eigenvalue weighted by molar-refractivity contribution is -0.136. The first-order valence-corrected chi connectivity index (χ1v) is 15.9. The summed E-state index contributed by atoms with van der Waals surface area (Å²) in [6, 6.07) is -0.00962. The average molecular weight is 560 g/mol. The molecule has 0 radical (unpaired) electrons. The van der Waals surface area contributed by atoms with Crippen LogP contribution in [0.5, 0.6) is 0 Å². The molecule has 0 aromatic heterocycles. The van der Waals surface area contributed by atoms with Crippen LogP contribution < -0.4 is 5.32 Å². The molecule has 8 nitrogen and oxygen atoms in total. The number of amides is 2. The van der Waals surface area contributed by atoms with Gasteiger partial charge in [0.25, 0.3) is 0 Å². The zero-order valence-electron chi connectivity index (χ0n) is 25.7. The number of nitrogens with zero attached hydrogens (tertiary/aromatic N) is 2. The van der Waals surface area contributed by atoms with E-state index < -0.39 is 12.1 Å². The number of allylic oxidation sites excluding steroid dienone is 2. The molecule has 0 unspecified atom stereocenters. The quantitative estimate of drug-likeness (QED) is 0.324. The maximum atomic E-state index is 13.5. The number of ether oxygens (including phenoxy) is 3. The maximum absolute atomic E-state index is 13.5. The molecule has 5 aliphatic rings. The van der Waals surface area contributed by atoms with Gasteiger partial charge in [-0.1, -0.05) is 32.4 Å². The van der Waals surface area contributed by atoms with Crippen molar-refractivity contribution < 1.29 is 23.8 Å². The lowest BCUT2D eigenvalue weighted by Crippen LogP contribution is -2.57. The molecule has 0 bridgehead atoms. The van der Waals surface area contributed by atoms with Crippen LogP contribution in [0, 0.1) is 23.2 Å². The van der Waals surface area contributed by atoms with Gasteiger partial charge in [-0.05, 0) is 95.6 Å². The number of rotatable bonds is 9. The topological polar surface area (TPSA) is 83.6 Å². The van der Waals surface area contributed by atoms with Crippen LogP contribution in [0.15, 0.2) is 11.6 Å². The van der Waals surface area contributed by atoms with Gasteiger partial charge in [0.15, 0.2) is 0 Å². The highest BCUT2D eigenvalue weighted by atomic mass is 16.6. The van der Waals surface area contributed by atoms with Crippen LogP contribution in [-0.2, 0) is 19.0 Å². The number of hydrogen-bond donors (Lipinski definition) is 1. The monoisotopic (exact) mass is 559 g/mol. The highest BCUT2D eigenvalue weighted by molar-refractivity contribution is 5.86. The molecule has 2 aliphatic carbocycles. The molecule has 0 aromatic carbocycles. The van der Waals surface area contributed by atoms with E-state index in [0.29, 0.717) is 18.4 Å². The number of alkyl carbamates (subject to hydrolysis) is 1. The minimum absolute atomic E-state index is 0.00886. The molecular formula is C32H53N3O5. The Morgan fingerprint density at radius 1 is 1.10 bits per heavy atom. The van der Waals surface area contributed by atoms with Gasteiger partial charge in [0.05, 0.1) is 12.2 Å². The number of carbonyl (C=O) groups excluding carboxylic acids is 2. The van der Waals surface area contributed by atoms with E-state index in [1.165, 1.54) is 31.5 Å². The van der Waals surface area contributed by atoms with Crippen LogP contribution >= 0.6 is 0 Å². The summed E-state index contributed by atoms with van der Waals surface area (Å²) >= 11 is 0. The van der Waals surface area contributed by atoms with E-state index in [1.807, 2.05) is 18.7 Å². The third-order valence-electron chi connectivity index (χ3n) is 10.8. The van der Waals surface area contributed by atoms with Crippen molar-refractivity contribution >= 4 is 12.0 Å². The van der Waals surface area contributed by atoms with Crippen LogP contribution in [0.25, 0.3) is 0 Å². The molecule has 8 heteroatoms. The second-order valence-corrected chi connectivity index (χ2v) is 14.1. The van der Waals surface area contributed by atoms with Gasteiger partial charge in [0.2, 0.25) is 5.91 Å². The Labute approximate surface area is 241 Å². The maximum Gasteiger partial charge on any atom is 0.408 e. The first kappa shape index (κ1) is 29.8. The number of hydrogen-bond acceptors (Lipinski definition) is 6. The molecule has 5 rings (SSSR count). The molecule has 5 fully saturated rings. The minimum atomic E-state index is -0.594. The Morgan fingerprint density at radius 3 is 2.35 bits per heavy atom. The molecule has 1 spiro atoms. The molecule has 3 saturated heterocycles. The van der Waals surface area contributed by atoms with Gasteiger partial charge in [-0.25, -0.2) is 4.79 Å². The fourth-order valence-electron chi connectivity index (χ4n) is 8.18. The SMILES string of the molecule is CO[C@@H]1[C@H](OC(=O)N[C@@H](C(=O)N2CCC(N3CCCC3)CC2)C(C)C)CC[C@]2(CO2)[C@H]1[C@@]1(C)C[C@@H]1CC=C(C)C. The molecule has 1 N–H and O–H groups in total. The Balaban J connectivity index is 1.19. The van der Waals surface area contributed by atoms with Gasteiger partial charge >= 0.3 is 6.09 Å². The predicted octanol–water partition coefficient (Wildman–Crippen LogP) is 4.77. The van der Waals surface area contributed by atoms with Crippen molar-refractivity contribution in [2.24, 2.45) is 23.2 Å². The van der Waals surface area contributed by atoms with E-state index in [2.05, 4.69) is 37.1 Å². The number of piperidine rings is 1. The van der Waals surface area contributed by atoms with Crippen LogP contribution in [0.1, 0.15) is 86.0 Å². The van der Waals surface area contributed by atoms with E-state index in [4.69, 9.17) is 14.2 Å². The van der Waals surface area contributed by atoms with Crippen LogP contribution in [0.3, 0.4) is 0 Å². The number of likely N-dealkylation sites (tertiary alicyclic amines) is 2. The molecule has 3 heterocycles. The first-order valence-electron chi connectivity index (χ1n) is 15.9. The van der Waals surface area contributed by atoms with Crippen LogP contribution in [0.2, 0.25) is 0 Å². The van der Waals surface area contributed by atoms with E-state index in [9.17, 15) is 9.59 Å². The zero-order chi connectivity index (χ0) is 28.7. The molecular weight excluding hydrogens is 506 g/mol. The van der Waals surface area contributed by atoms with Gasteiger partial charge in [-0.15, -0.1) is 0 Å². The second kappa shape index (κ2) is 11.9. The van der Waals surface area contributed by atoms with Gasteiger partial charge < -0.3 is 29.3 Å². The van der Waals surface area contributed by atoms with Crippen molar-refractivity contribution in [1.82, 2.24) is 15.1 Å². The summed E-state index contributed by atoms with van der Waals surface area (Å²) in [5.74, 6) is 0.760. The lowest BCUT2D eigenvalue weighted by Gasteiger charge is -2.44. The van der Waals surface area contributed by atoms with Crippen molar-refractivity contribution in [2.45, 2.75) is 116 Å². The van der Waals surface area contributed by atoms with E-state index in [-0.39, 0.29) is 41.0 Å². The van der Waals surface area contributed by atoms with Crippen molar-refractivity contribution in [3.05, 3.63) is 11.6 Å². The molecule has 7 atom stereocenters. The Hall–Kier alpha value is -1.64. The predicted molar refractivity (Wildman–Crippen MR) is 155 cm³/mol. The summed E-state index contributed by atoms with van der Waals surface area (Å²) in [6.07, 6.45) is 9.64. The molecule has 226 valence electrons. The summed E-state index contributed by atoms with van der Waals surface area (Å²) in [6.45, 7) is 15.3. The average Bonchev–Trinajstić information content (AvgIpc) is 3.76. The Morgan fingerprint density at radius 2 is 1.77 bits per heavy atom. The zero-order valence-corrected chi connectivity index (χ0v) is 25.7. The summed E-state index contributed by atoms with van der Waals surface area (Å²) in [4.78, 5) is 31.4. The third-order valence-corrected chi connectivity index (χ3v) is 10.8. The van der Waals surface area contributed by atoms with Crippen LogP contribution in [-0.4, -0.2) is 91.6 Å². The standard InChI is InChI=1S/C32H53N3O5/c1-21(2)9-10-23-19-31(23,5)28-27(38-6)25(11-14-32(28)20-39-32)40-30(37)33-26(22(3)4)29(36)35-17-12-24(13-18-35)34-15-7-8-16-34/h9,22-28H,7-8,10-20H2,1-6H3,(H,33,37)/t23-,25+,26+,27+,28+,31-,32-/m0/s1. The normalized spacial score (nSPS) is 36.9. The molecule has 2 saturated carbocycles. The van der Waals surface area contributed by atoms with Crippen molar-refractivity contribution in [3.63, 3.8) is 0 Å². The highest BCUT2D eigenvalue weighted by Crippen LogP contribution is 2.68. The summed E-state index contributed by atoms with van der Waals surface area (Å²) < 4.78 is 18.3. The van der Waals surface area contributed by atoms with Gasteiger partial charge in [0.1, 0.15) is 18.2 Å². The van der Waals surface area contributed by atoms with E-state index in [0.717, 1.165) is 51.8 Å². The fourth-order valence-corrected chi connectivity index (χ4v) is 8.18. The number of carbonyl (C=O) groups is 2. The summed E-state index contributed by atoms with van der Waals surface area (Å²) in [7, 11) is 1.73. The number of nitrogens with one attached hydrogen (secondary N) is 1. The molecule has 40 heavy (non-hydrogen) atoms. The van der Waals surface area contributed by atoms with Gasteiger partial charge in [0, 0.05) is 32.2 Å². The first-order chi connectivity index (χ1) is 19.1. The Kier molecular flexibility index (Phi) is 8.89. The largest absolute Gasteiger partial charge is 0.443 e. The molecule has 3 aliphatic heterocycles. The van der Waals surface area contributed by atoms with Gasteiger partial charge in [-0.2, -0.15) is 0 Å². The lowest BCUT2D eigenvalue weighted by atomic mass is 9.67. The summed E-state index contributed by atoms with van der Waals surface area (Å²) in [5.41, 5.74) is 1.31. The van der Waals surface area contributed by atoms with Crippen molar-refractivity contribution in [2.75, 3.05) is 39.9 Å². The fraction of sp³-hybridized carbons (Fsp3) is 0.875. The molecule has 0 aromatic rings. The van der Waals surface area contributed by atoms with Crippen molar-refractivity contribution in [1.29, 1.82) is 0 Å². The van der Waals surface area contributed by atoms with E-state index in [1.54, 1.807) is 7.11 Å². The van der Waals surface area contributed by atoms with E-state index >= 15 is 0 Å². The smallest absolute Gasteiger partial charge is 0.408 e. The van der Waals surface area contributed by atoms with Gasteiger partial charge in [-0.3, -0.25) is 4.79 Å².